The molecule has 0 bridgehead atoms. The zero-order valence-electron chi connectivity index (χ0n) is 16.9. The highest BCUT2D eigenvalue weighted by molar-refractivity contribution is 8.00. The van der Waals surface area contributed by atoms with Crippen molar-refractivity contribution in [3.05, 3.63) is 29.8 Å². The van der Waals surface area contributed by atoms with Gasteiger partial charge in [0.05, 0.1) is 11.3 Å². The van der Waals surface area contributed by atoms with Crippen molar-refractivity contribution < 1.29 is 23.9 Å². The van der Waals surface area contributed by atoms with Crippen molar-refractivity contribution in [3.63, 3.8) is 0 Å². The number of nitrogens with one attached hydrogen (secondary N) is 2. The minimum absolute atomic E-state index is 0.0782. The number of esters is 1. The van der Waals surface area contributed by atoms with Crippen LogP contribution in [0.15, 0.2) is 29.2 Å². The van der Waals surface area contributed by atoms with Gasteiger partial charge in [-0.25, -0.2) is 9.59 Å². The van der Waals surface area contributed by atoms with Gasteiger partial charge in [0, 0.05) is 25.0 Å². The molecule has 8 nitrogen and oxygen atoms in total. The highest BCUT2D eigenvalue weighted by Crippen LogP contribution is 2.24. The highest BCUT2D eigenvalue weighted by Gasteiger charge is 2.24. The van der Waals surface area contributed by atoms with Gasteiger partial charge in [0.2, 0.25) is 5.91 Å². The van der Waals surface area contributed by atoms with E-state index in [1.54, 1.807) is 38.4 Å². The third kappa shape index (κ3) is 7.08. The molecule has 1 saturated carbocycles. The van der Waals surface area contributed by atoms with Crippen LogP contribution in [0, 0.1) is 0 Å². The van der Waals surface area contributed by atoms with E-state index in [-0.39, 0.29) is 23.3 Å². The van der Waals surface area contributed by atoms with E-state index in [4.69, 9.17) is 4.74 Å². The van der Waals surface area contributed by atoms with Gasteiger partial charge in [0.15, 0.2) is 6.10 Å². The summed E-state index contributed by atoms with van der Waals surface area (Å²) in [5.41, 5.74) is 0.263. The molecule has 1 fully saturated rings. The molecule has 0 aromatic heterocycles. The van der Waals surface area contributed by atoms with Gasteiger partial charge >= 0.3 is 12.0 Å². The minimum atomic E-state index is -1.14. The summed E-state index contributed by atoms with van der Waals surface area (Å²) in [6.45, 7) is 1.40. The maximum absolute atomic E-state index is 12.5. The molecule has 1 aromatic carbocycles. The van der Waals surface area contributed by atoms with Crippen LogP contribution >= 0.6 is 11.8 Å². The fourth-order valence-electron chi connectivity index (χ4n) is 2.81. The first-order chi connectivity index (χ1) is 13.8. The predicted molar refractivity (Wildman–Crippen MR) is 110 cm³/mol. The molecule has 158 valence electrons. The van der Waals surface area contributed by atoms with E-state index in [0.29, 0.717) is 4.90 Å². The average Bonchev–Trinajstić information content (AvgIpc) is 3.18. The number of hydrogen-bond donors (Lipinski definition) is 2. The number of rotatable bonds is 7. The lowest BCUT2D eigenvalue weighted by Crippen LogP contribution is -2.47. The Morgan fingerprint density at radius 1 is 1.17 bits per heavy atom. The van der Waals surface area contributed by atoms with E-state index in [2.05, 4.69) is 10.6 Å². The van der Waals surface area contributed by atoms with Crippen molar-refractivity contribution in [2.75, 3.05) is 19.8 Å². The summed E-state index contributed by atoms with van der Waals surface area (Å²) in [4.78, 5) is 50.4. The molecule has 4 amide bonds. The topological polar surface area (TPSA) is 105 Å². The highest BCUT2D eigenvalue weighted by atomic mass is 32.2. The van der Waals surface area contributed by atoms with E-state index in [1.165, 1.54) is 23.6 Å². The van der Waals surface area contributed by atoms with Crippen LogP contribution in [-0.2, 0) is 14.3 Å². The smallest absolute Gasteiger partial charge is 0.340 e. The van der Waals surface area contributed by atoms with E-state index in [1.807, 2.05) is 0 Å². The molecule has 0 spiro atoms. The van der Waals surface area contributed by atoms with Crippen molar-refractivity contribution in [2.24, 2.45) is 0 Å². The third-order valence-electron chi connectivity index (χ3n) is 4.54. The Hall–Kier alpha value is -2.55. The average molecular weight is 422 g/mol. The molecule has 2 N–H and O–H groups in total. The summed E-state index contributed by atoms with van der Waals surface area (Å²) < 4.78 is 5.22. The van der Waals surface area contributed by atoms with Crippen LogP contribution in [0.25, 0.3) is 0 Å². The number of carbonyl (C=O) groups is 4. The molecule has 29 heavy (non-hydrogen) atoms. The normalized spacial score (nSPS) is 14.7. The van der Waals surface area contributed by atoms with Crippen molar-refractivity contribution in [1.29, 1.82) is 0 Å². The SMILES string of the molecule is C[C@H](OC(=O)c1ccccc1SCC(=O)N(C)C)C(=O)NC(=O)NC1CCCC1. The summed E-state index contributed by atoms with van der Waals surface area (Å²) in [5.74, 6) is -1.29. The molecule has 0 unspecified atom stereocenters. The molecule has 1 aliphatic rings. The first-order valence-corrected chi connectivity index (χ1v) is 10.5. The first-order valence-electron chi connectivity index (χ1n) is 9.52. The zero-order valence-corrected chi connectivity index (χ0v) is 17.7. The Morgan fingerprint density at radius 3 is 2.48 bits per heavy atom. The standard InChI is InChI=1S/C20H27N3O5S/c1-13(18(25)22-20(27)21-14-8-4-5-9-14)28-19(26)15-10-6-7-11-16(15)29-12-17(24)23(2)3/h6-7,10-11,13-14H,4-5,8-9,12H2,1-3H3,(H2,21,22,25,27)/t13-/m0/s1. The Bertz CT molecular complexity index is 762. The number of carbonyl (C=O) groups excluding carboxylic acids is 4. The Kier molecular flexibility index (Phi) is 8.50. The maximum Gasteiger partial charge on any atom is 0.340 e. The molecule has 0 aliphatic heterocycles. The van der Waals surface area contributed by atoms with Crippen molar-refractivity contribution in [1.82, 2.24) is 15.5 Å². The second kappa shape index (κ2) is 10.8. The van der Waals surface area contributed by atoms with E-state index >= 15 is 0 Å². The summed E-state index contributed by atoms with van der Waals surface area (Å²) in [7, 11) is 3.32. The summed E-state index contributed by atoms with van der Waals surface area (Å²) >= 11 is 1.22. The third-order valence-corrected chi connectivity index (χ3v) is 5.60. The molecule has 1 aliphatic carbocycles. The van der Waals surface area contributed by atoms with Gasteiger partial charge in [-0.2, -0.15) is 0 Å². The largest absolute Gasteiger partial charge is 0.449 e. The fraction of sp³-hybridized carbons (Fsp3) is 0.500. The number of imide groups is 1. The van der Waals surface area contributed by atoms with Gasteiger partial charge in [-0.05, 0) is 31.9 Å². The molecular weight excluding hydrogens is 394 g/mol. The van der Waals surface area contributed by atoms with Crippen LogP contribution in [0.5, 0.6) is 0 Å². The van der Waals surface area contributed by atoms with Gasteiger partial charge in [-0.15, -0.1) is 11.8 Å². The van der Waals surface area contributed by atoms with E-state index in [9.17, 15) is 19.2 Å². The molecule has 0 heterocycles. The number of nitrogens with zero attached hydrogens (tertiary/aromatic N) is 1. The van der Waals surface area contributed by atoms with Crippen molar-refractivity contribution >= 4 is 35.6 Å². The van der Waals surface area contributed by atoms with Crippen LogP contribution in [0.2, 0.25) is 0 Å². The van der Waals surface area contributed by atoms with Crippen LogP contribution in [0.3, 0.4) is 0 Å². The van der Waals surface area contributed by atoms with Crippen molar-refractivity contribution in [2.45, 2.75) is 49.6 Å². The lowest BCUT2D eigenvalue weighted by Gasteiger charge is -2.16. The monoisotopic (exact) mass is 421 g/mol. The molecule has 0 saturated heterocycles. The number of thioether (sulfide) groups is 1. The number of hydrogen-bond acceptors (Lipinski definition) is 6. The quantitative estimate of drug-likeness (QED) is 0.517. The van der Waals surface area contributed by atoms with Crippen LogP contribution in [-0.4, -0.2) is 60.7 Å². The molecule has 0 radical (unpaired) electrons. The Morgan fingerprint density at radius 2 is 1.83 bits per heavy atom. The van der Waals surface area contributed by atoms with Crippen LogP contribution in [0.1, 0.15) is 43.0 Å². The summed E-state index contributed by atoms with van der Waals surface area (Å²) in [6, 6.07) is 6.21. The lowest BCUT2D eigenvalue weighted by molar-refractivity contribution is -0.128. The summed E-state index contributed by atoms with van der Waals surface area (Å²) in [6.07, 6.45) is 2.78. The molecule has 1 atom stereocenters. The predicted octanol–water partition coefficient (Wildman–Crippen LogP) is 2.18. The van der Waals surface area contributed by atoms with Gasteiger partial charge in [-0.3, -0.25) is 14.9 Å². The number of urea groups is 1. The zero-order chi connectivity index (χ0) is 21.4. The lowest BCUT2D eigenvalue weighted by atomic mass is 10.2. The first kappa shape index (κ1) is 22.7. The second-order valence-electron chi connectivity index (χ2n) is 7.06. The molecule has 9 heteroatoms. The van der Waals surface area contributed by atoms with Crippen LogP contribution < -0.4 is 10.6 Å². The Labute approximate surface area is 174 Å². The minimum Gasteiger partial charge on any atom is -0.449 e. The second-order valence-corrected chi connectivity index (χ2v) is 8.08. The maximum atomic E-state index is 12.5. The van der Waals surface area contributed by atoms with Gasteiger partial charge in [-0.1, -0.05) is 25.0 Å². The number of ether oxygens (including phenoxy) is 1. The van der Waals surface area contributed by atoms with Crippen molar-refractivity contribution in [3.8, 4) is 0 Å². The summed E-state index contributed by atoms with van der Waals surface area (Å²) in [5, 5.41) is 4.95. The van der Waals surface area contributed by atoms with Gasteiger partial charge in [0.25, 0.3) is 5.91 Å². The number of benzene rings is 1. The van der Waals surface area contributed by atoms with E-state index in [0.717, 1.165) is 25.7 Å². The fourth-order valence-corrected chi connectivity index (χ4v) is 3.83. The molecular formula is C20H27N3O5S. The Balaban J connectivity index is 1.90. The molecule has 2 rings (SSSR count). The number of amides is 4. The van der Waals surface area contributed by atoms with Gasteiger partial charge in [0.1, 0.15) is 0 Å². The molecule has 1 aromatic rings. The van der Waals surface area contributed by atoms with E-state index < -0.39 is 24.0 Å². The van der Waals surface area contributed by atoms with Crippen LogP contribution in [0.4, 0.5) is 4.79 Å². The van der Waals surface area contributed by atoms with Gasteiger partial charge < -0.3 is 15.0 Å².